The maximum Gasteiger partial charge on any atom is 0.408 e. The molecule has 0 bridgehead atoms. The van der Waals surface area contributed by atoms with Crippen LogP contribution in [0.4, 0.5) is 4.79 Å². The molecule has 0 radical (unpaired) electrons. The highest BCUT2D eigenvalue weighted by Crippen LogP contribution is 2.45. The van der Waals surface area contributed by atoms with Gasteiger partial charge in [0.1, 0.15) is 23.2 Å². The molecule has 1 saturated heterocycles. The molecule has 11 nitrogen and oxygen atoms in total. The third-order valence-corrected chi connectivity index (χ3v) is 8.89. The first-order valence-corrected chi connectivity index (χ1v) is 15.1. The second kappa shape index (κ2) is 11.6. The standard InChI is InChI=1S/C26H42N4O7S/c1-17(2)38(35,36)29-23(33)26-16-18(26)12-9-7-6-8-10-13-19(27-24(34)37-25(3,4)5)22(32)30-15-11-14-20(30)21(31)28-26/h9,12,17-20H,6-8,10-11,13-16H2,1-5H3,(H,27,34)(H,28,31)(H,29,33)/b12-9-. The second-order valence-electron chi connectivity index (χ2n) is 11.8. The van der Waals surface area contributed by atoms with Gasteiger partial charge in [-0.15, -0.1) is 0 Å². The van der Waals surface area contributed by atoms with Crippen molar-refractivity contribution in [2.45, 2.75) is 114 Å². The SMILES string of the molecule is CC(C)S(=O)(=O)NC(=O)C12CC1/C=C\CCCCCC(NC(=O)OC(C)(C)C)C(=O)N1CCCC1C(=O)N2. The van der Waals surface area contributed by atoms with E-state index in [9.17, 15) is 27.6 Å². The van der Waals surface area contributed by atoms with Crippen LogP contribution in [-0.2, 0) is 29.1 Å². The summed E-state index contributed by atoms with van der Waals surface area (Å²) < 4.78 is 32.3. The fourth-order valence-corrected chi connectivity index (χ4v) is 5.56. The van der Waals surface area contributed by atoms with Gasteiger partial charge < -0.3 is 20.3 Å². The number of nitrogens with zero attached hydrogens (tertiary/aromatic N) is 1. The highest BCUT2D eigenvalue weighted by atomic mass is 32.2. The normalized spacial score (nSPS) is 29.7. The molecule has 12 heteroatoms. The van der Waals surface area contributed by atoms with Gasteiger partial charge >= 0.3 is 6.09 Å². The molecule has 1 saturated carbocycles. The largest absolute Gasteiger partial charge is 0.444 e. The summed E-state index contributed by atoms with van der Waals surface area (Å²) in [5, 5.41) is 4.69. The van der Waals surface area contributed by atoms with Gasteiger partial charge in [0.25, 0.3) is 5.91 Å². The lowest BCUT2D eigenvalue weighted by molar-refractivity contribution is -0.141. The average molecular weight is 555 g/mol. The second-order valence-corrected chi connectivity index (χ2v) is 14.0. The molecule has 4 unspecified atom stereocenters. The Bertz CT molecular complexity index is 1070. The highest BCUT2D eigenvalue weighted by molar-refractivity contribution is 7.90. The van der Waals surface area contributed by atoms with Crippen molar-refractivity contribution in [1.82, 2.24) is 20.3 Å². The quantitative estimate of drug-likeness (QED) is 0.450. The third-order valence-electron chi connectivity index (χ3n) is 7.18. The monoisotopic (exact) mass is 554 g/mol. The minimum atomic E-state index is -3.89. The van der Waals surface area contributed by atoms with E-state index >= 15 is 0 Å². The van der Waals surface area contributed by atoms with Gasteiger partial charge in [0.2, 0.25) is 21.8 Å². The molecular formula is C26H42N4O7S. The number of hydrogen-bond acceptors (Lipinski definition) is 7. The van der Waals surface area contributed by atoms with Crippen LogP contribution in [-0.4, -0.2) is 72.2 Å². The van der Waals surface area contributed by atoms with Crippen molar-refractivity contribution in [3.05, 3.63) is 12.2 Å². The number of allylic oxidation sites excluding steroid dienone is 1. The predicted octanol–water partition coefficient (Wildman–Crippen LogP) is 2.12. The number of carbonyl (C=O) groups excluding carboxylic acids is 4. The summed E-state index contributed by atoms with van der Waals surface area (Å²) in [7, 11) is -3.89. The summed E-state index contributed by atoms with van der Waals surface area (Å²) in [5.41, 5.74) is -2.12. The number of sulfonamides is 1. The number of hydrogen-bond donors (Lipinski definition) is 3. The van der Waals surface area contributed by atoms with E-state index in [4.69, 9.17) is 4.74 Å². The molecule has 1 aliphatic carbocycles. The molecule has 4 amide bonds. The zero-order valence-electron chi connectivity index (χ0n) is 23.0. The number of ether oxygens (including phenoxy) is 1. The van der Waals surface area contributed by atoms with E-state index in [0.717, 1.165) is 19.3 Å². The predicted molar refractivity (Wildman–Crippen MR) is 141 cm³/mol. The van der Waals surface area contributed by atoms with Crippen LogP contribution >= 0.6 is 0 Å². The minimum absolute atomic E-state index is 0.276. The summed E-state index contributed by atoms with van der Waals surface area (Å²) in [6.45, 7) is 8.49. The van der Waals surface area contributed by atoms with Crippen LogP contribution in [0.25, 0.3) is 0 Å². The molecule has 2 fully saturated rings. The Balaban J connectivity index is 1.84. The summed E-state index contributed by atoms with van der Waals surface area (Å²) in [6.07, 6.45) is 7.91. The molecule has 2 aliphatic heterocycles. The molecule has 38 heavy (non-hydrogen) atoms. The van der Waals surface area contributed by atoms with Gasteiger partial charge in [0, 0.05) is 12.5 Å². The molecule has 0 aromatic carbocycles. The molecule has 2 heterocycles. The van der Waals surface area contributed by atoms with Crippen LogP contribution in [0.3, 0.4) is 0 Å². The first-order valence-electron chi connectivity index (χ1n) is 13.5. The molecule has 214 valence electrons. The molecule has 3 aliphatic rings. The van der Waals surface area contributed by atoms with Gasteiger partial charge in [0.05, 0.1) is 5.25 Å². The maximum absolute atomic E-state index is 13.6. The maximum atomic E-state index is 13.6. The zero-order chi connectivity index (χ0) is 28.3. The molecule has 0 spiro atoms. The molecule has 0 aromatic rings. The van der Waals surface area contributed by atoms with E-state index in [1.54, 1.807) is 20.8 Å². The number of rotatable bonds is 4. The Hall–Kier alpha value is -2.63. The van der Waals surface area contributed by atoms with Gasteiger partial charge in [-0.1, -0.05) is 25.0 Å². The van der Waals surface area contributed by atoms with Gasteiger partial charge in [-0.25, -0.2) is 13.2 Å². The van der Waals surface area contributed by atoms with Gasteiger partial charge in [-0.05, 0) is 73.1 Å². The summed E-state index contributed by atoms with van der Waals surface area (Å²) in [4.78, 5) is 54.2. The Kier molecular flexibility index (Phi) is 9.16. The number of nitrogens with one attached hydrogen (secondary N) is 3. The van der Waals surface area contributed by atoms with Crippen LogP contribution in [0.15, 0.2) is 12.2 Å². The lowest BCUT2D eigenvalue weighted by atomic mass is 10.0. The minimum Gasteiger partial charge on any atom is -0.444 e. The van der Waals surface area contributed by atoms with Crippen molar-refractivity contribution >= 4 is 33.8 Å². The highest BCUT2D eigenvalue weighted by Gasteiger charge is 2.61. The molecule has 0 aromatic heterocycles. The van der Waals surface area contributed by atoms with Crippen LogP contribution in [0.2, 0.25) is 0 Å². The Morgan fingerprint density at radius 3 is 2.50 bits per heavy atom. The van der Waals surface area contributed by atoms with E-state index < -0.39 is 56.4 Å². The number of fused-ring (bicyclic) bond motifs is 2. The van der Waals surface area contributed by atoms with Crippen LogP contribution in [0.1, 0.15) is 86.0 Å². The fourth-order valence-electron chi connectivity index (χ4n) is 4.88. The summed E-state index contributed by atoms with van der Waals surface area (Å²) in [6, 6.07) is -1.67. The van der Waals surface area contributed by atoms with E-state index in [1.165, 1.54) is 18.7 Å². The number of alkyl carbamates (subject to hydrolysis) is 1. The smallest absolute Gasteiger partial charge is 0.408 e. The molecule has 4 atom stereocenters. The summed E-state index contributed by atoms with van der Waals surface area (Å²) >= 11 is 0. The third kappa shape index (κ3) is 7.27. The molecule has 3 rings (SSSR count). The van der Waals surface area contributed by atoms with Gasteiger partial charge in [-0.3, -0.25) is 19.1 Å². The fraction of sp³-hybridized carbons (Fsp3) is 0.769. The molecule has 3 N–H and O–H groups in total. The van der Waals surface area contributed by atoms with E-state index in [2.05, 4.69) is 15.4 Å². The van der Waals surface area contributed by atoms with Crippen molar-refractivity contribution in [1.29, 1.82) is 0 Å². The van der Waals surface area contributed by atoms with Gasteiger partial charge in [0.15, 0.2) is 0 Å². The van der Waals surface area contributed by atoms with Crippen LogP contribution < -0.4 is 15.4 Å². The van der Waals surface area contributed by atoms with Crippen molar-refractivity contribution in [2.24, 2.45) is 5.92 Å². The Morgan fingerprint density at radius 2 is 1.84 bits per heavy atom. The van der Waals surface area contributed by atoms with Crippen molar-refractivity contribution < 1.29 is 32.3 Å². The average Bonchev–Trinajstić information content (AvgIpc) is 3.26. The van der Waals surface area contributed by atoms with Crippen molar-refractivity contribution in [3.8, 4) is 0 Å². The number of carbonyl (C=O) groups is 4. The first-order chi connectivity index (χ1) is 17.7. The van der Waals surface area contributed by atoms with Crippen LogP contribution in [0.5, 0.6) is 0 Å². The van der Waals surface area contributed by atoms with E-state index in [-0.39, 0.29) is 18.2 Å². The van der Waals surface area contributed by atoms with E-state index in [0.29, 0.717) is 32.2 Å². The van der Waals surface area contributed by atoms with Gasteiger partial charge in [-0.2, -0.15) is 0 Å². The Morgan fingerprint density at radius 1 is 1.13 bits per heavy atom. The zero-order valence-corrected chi connectivity index (χ0v) is 23.9. The first kappa shape index (κ1) is 29.9. The number of amides is 4. The Labute approximate surface area is 225 Å². The van der Waals surface area contributed by atoms with Crippen molar-refractivity contribution in [2.75, 3.05) is 6.54 Å². The van der Waals surface area contributed by atoms with E-state index in [1.807, 2.05) is 12.2 Å². The topological polar surface area (TPSA) is 151 Å². The summed E-state index contributed by atoms with van der Waals surface area (Å²) in [5.74, 6) is -1.98. The molecular weight excluding hydrogens is 512 g/mol. The lowest BCUT2D eigenvalue weighted by Crippen LogP contribution is -2.58. The van der Waals surface area contributed by atoms with Crippen LogP contribution in [0, 0.1) is 5.92 Å². The van der Waals surface area contributed by atoms with Crippen molar-refractivity contribution in [3.63, 3.8) is 0 Å². The lowest BCUT2D eigenvalue weighted by Gasteiger charge is -2.30.